The Labute approximate surface area is 111 Å². The van der Waals surface area contributed by atoms with Crippen LogP contribution < -0.4 is 5.73 Å². The Morgan fingerprint density at radius 1 is 1.37 bits per heavy atom. The lowest BCUT2D eigenvalue weighted by atomic mass is 9.83. The van der Waals surface area contributed by atoms with Gasteiger partial charge in [-0.2, -0.15) is 0 Å². The van der Waals surface area contributed by atoms with Gasteiger partial charge in [0.2, 0.25) is 0 Å². The van der Waals surface area contributed by atoms with E-state index in [0.717, 1.165) is 31.9 Å². The van der Waals surface area contributed by atoms with Gasteiger partial charge in [-0.25, -0.2) is 9.37 Å². The van der Waals surface area contributed by atoms with Gasteiger partial charge in [0.1, 0.15) is 11.4 Å². The van der Waals surface area contributed by atoms with Crippen molar-refractivity contribution < 1.29 is 9.60 Å². The molecular formula is C14H16FN3O. The molecular weight excluding hydrogens is 245 g/mol. The van der Waals surface area contributed by atoms with Crippen molar-refractivity contribution in [1.29, 1.82) is 0 Å². The van der Waals surface area contributed by atoms with Gasteiger partial charge in [-0.15, -0.1) is 0 Å². The van der Waals surface area contributed by atoms with Crippen molar-refractivity contribution in [1.82, 2.24) is 4.98 Å². The van der Waals surface area contributed by atoms with Crippen LogP contribution in [0.5, 0.6) is 0 Å². The SMILES string of the molecule is NC1(C#Cc2ccc(F)c(/C=N\O)n2)CCCCC1. The second-order valence-electron chi connectivity index (χ2n) is 4.77. The fourth-order valence-electron chi connectivity index (χ4n) is 2.17. The quantitative estimate of drug-likeness (QED) is 0.352. The van der Waals surface area contributed by atoms with Crippen LogP contribution in [0, 0.1) is 17.7 Å². The Hall–Kier alpha value is -1.93. The van der Waals surface area contributed by atoms with E-state index < -0.39 is 11.4 Å². The fourth-order valence-corrected chi connectivity index (χ4v) is 2.17. The van der Waals surface area contributed by atoms with Crippen LogP contribution in [0.4, 0.5) is 4.39 Å². The first-order valence-electron chi connectivity index (χ1n) is 6.29. The number of pyridine rings is 1. The van der Waals surface area contributed by atoms with Crippen LogP contribution in [0.3, 0.4) is 0 Å². The maximum Gasteiger partial charge on any atom is 0.150 e. The van der Waals surface area contributed by atoms with E-state index in [4.69, 9.17) is 10.9 Å². The van der Waals surface area contributed by atoms with Crippen molar-refractivity contribution >= 4 is 6.21 Å². The number of halogens is 1. The smallest absolute Gasteiger partial charge is 0.150 e. The Balaban J connectivity index is 2.22. The third-order valence-electron chi connectivity index (χ3n) is 3.24. The summed E-state index contributed by atoms with van der Waals surface area (Å²) in [6.45, 7) is 0. The number of nitrogens with zero attached hydrogens (tertiary/aromatic N) is 2. The molecule has 0 amide bonds. The molecule has 0 aromatic carbocycles. The summed E-state index contributed by atoms with van der Waals surface area (Å²) in [5, 5.41) is 11.2. The molecule has 0 unspecified atom stereocenters. The minimum atomic E-state index is -0.552. The molecule has 1 fully saturated rings. The van der Waals surface area contributed by atoms with Crippen molar-refractivity contribution in [2.75, 3.05) is 0 Å². The van der Waals surface area contributed by atoms with Crippen LogP contribution in [0.25, 0.3) is 0 Å². The third kappa shape index (κ3) is 3.52. The second kappa shape index (κ2) is 5.81. The normalized spacial score (nSPS) is 18.0. The molecule has 1 aliphatic carbocycles. The molecule has 0 atom stereocenters. The van der Waals surface area contributed by atoms with Crippen molar-refractivity contribution in [3.63, 3.8) is 0 Å². The number of hydrogen-bond acceptors (Lipinski definition) is 4. The van der Waals surface area contributed by atoms with Crippen LogP contribution in [0.2, 0.25) is 0 Å². The van der Waals surface area contributed by atoms with Crippen molar-refractivity contribution in [2.45, 2.75) is 37.6 Å². The van der Waals surface area contributed by atoms with Gasteiger partial charge < -0.3 is 10.9 Å². The highest BCUT2D eigenvalue weighted by atomic mass is 19.1. The number of rotatable bonds is 1. The first-order valence-corrected chi connectivity index (χ1v) is 6.29. The molecule has 0 saturated heterocycles. The predicted molar refractivity (Wildman–Crippen MR) is 70.5 cm³/mol. The van der Waals surface area contributed by atoms with Crippen LogP contribution in [0.15, 0.2) is 17.3 Å². The zero-order valence-electron chi connectivity index (χ0n) is 10.6. The Morgan fingerprint density at radius 3 is 2.79 bits per heavy atom. The topological polar surface area (TPSA) is 71.5 Å². The van der Waals surface area contributed by atoms with E-state index in [9.17, 15) is 4.39 Å². The Bertz CT molecular complexity index is 539. The maximum absolute atomic E-state index is 13.3. The van der Waals surface area contributed by atoms with Crippen LogP contribution in [-0.2, 0) is 0 Å². The highest BCUT2D eigenvalue weighted by Crippen LogP contribution is 2.25. The van der Waals surface area contributed by atoms with Gasteiger partial charge in [-0.3, -0.25) is 0 Å². The summed E-state index contributed by atoms with van der Waals surface area (Å²) in [4.78, 5) is 3.96. The lowest BCUT2D eigenvalue weighted by Crippen LogP contribution is -2.40. The van der Waals surface area contributed by atoms with Gasteiger partial charge in [0.15, 0.2) is 5.82 Å². The lowest BCUT2D eigenvalue weighted by molar-refractivity contribution is 0.321. The molecule has 0 aliphatic heterocycles. The summed E-state index contributed by atoms with van der Waals surface area (Å²) < 4.78 is 13.3. The Kier molecular flexibility index (Phi) is 4.13. The number of nitrogens with two attached hydrogens (primary N) is 1. The zero-order valence-corrected chi connectivity index (χ0v) is 10.6. The maximum atomic E-state index is 13.3. The third-order valence-corrected chi connectivity index (χ3v) is 3.24. The van der Waals surface area contributed by atoms with E-state index in [2.05, 4.69) is 22.0 Å². The van der Waals surface area contributed by atoms with E-state index in [1.165, 1.54) is 18.6 Å². The minimum Gasteiger partial charge on any atom is -0.411 e. The predicted octanol–water partition coefficient (Wildman–Crippen LogP) is 2.04. The van der Waals surface area contributed by atoms with Gasteiger partial charge in [0.25, 0.3) is 0 Å². The lowest BCUT2D eigenvalue weighted by Gasteiger charge is -2.27. The molecule has 1 aliphatic rings. The number of oxime groups is 1. The van der Waals surface area contributed by atoms with Gasteiger partial charge >= 0.3 is 0 Å². The van der Waals surface area contributed by atoms with Gasteiger partial charge in [0, 0.05) is 0 Å². The molecule has 1 heterocycles. The largest absolute Gasteiger partial charge is 0.411 e. The molecule has 0 spiro atoms. The average molecular weight is 261 g/mol. The van der Waals surface area contributed by atoms with Gasteiger partial charge in [0.05, 0.1) is 11.8 Å². The molecule has 100 valence electrons. The van der Waals surface area contributed by atoms with Crippen molar-refractivity contribution in [2.24, 2.45) is 10.9 Å². The molecule has 5 heteroatoms. The van der Waals surface area contributed by atoms with Crippen LogP contribution in [-0.4, -0.2) is 21.9 Å². The first-order chi connectivity index (χ1) is 9.13. The summed E-state index contributed by atoms with van der Waals surface area (Å²) in [5.74, 6) is 5.37. The average Bonchev–Trinajstić information content (AvgIpc) is 2.41. The second-order valence-corrected chi connectivity index (χ2v) is 4.77. The molecule has 1 aromatic heterocycles. The van der Waals surface area contributed by atoms with E-state index in [1.54, 1.807) is 0 Å². The summed E-state index contributed by atoms with van der Waals surface area (Å²) in [7, 11) is 0. The van der Waals surface area contributed by atoms with E-state index in [-0.39, 0.29) is 5.69 Å². The monoisotopic (exact) mass is 261 g/mol. The molecule has 4 nitrogen and oxygen atoms in total. The van der Waals surface area contributed by atoms with E-state index in [1.807, 2.05) is 0 Å². The van der Waals surface area contributed by atoms with Crippen molar-refractivity contribution in [3.05, 3.63) is 29.3 Å². The summed E-state index contributed by atoms with van der Waals surface area (Å²) in [6.07, 6.45) is 6.08. The molecule has 19 heavy (non-hydrogen) atoms. The first kappa shape index (κ1) is 13.5. The summed E-state index contributed by atoms with van der Waals surface area (Å²) >= 11 is 0. The molecule has 1 saturated carbocycles. The highest BCUT2D eigenvalue weighted by molar-refractivity contribution is 5.76. The van der Waals surface area contributed by atoms with E-state index >= 15 is 0 Å². The Morgan fingerprint density at radius 2 is 2.11 bits per heavy atom. The molecule has 2 rings (SSSR count). The summed E-state index contributed by atoms with van der Waals surface area (Å²) in [5.41, 5.74) is 6.12. The highest BCUT2D eigenvalue weighted by Gasteiger charge is 2.24. The zero-order chi connectivity index (χ0) is 13.7. The van der Waals surface area contributed by atoms with Crippen LogP contribution >= 0.6 is 0 Å². The number of hydrogen-bond donors (Lipinski definition) is 2. The fraction of sp³-hybridized carbons (Fsp3) is 0.429. The molecule has 0 radical (unpaired) electrons. The van der Waals surface area contributed by atoms with Gasteiger partial charge in [-0.1, -0.05) is 30.3 Å². The minimum absolute atomic E-state index is 0.0379. The molecule has 0 bridgehead atoms. The molecule has 3 N–H and O–H groups in total. The summed E-state index contributed by atoms with van der Waals surface area (Å²) in [6, 6.07) is 2.74. The molecule has 1 aromatic rings. The standard InChI is InChI=1S/C14H16FN3O/c15-12-5-4-11(18-13(12)10-17-19)6-9-14(16)7-2-1-3-8-14/h4-5,10,19H,1-3,7-8,16H2/b17-10-. The van der Waals surface area contributed by atoms with E-state index in [0.29, 0.717) is 5.69 Å². The van der Waals surface area contributed by atoms with Crippen molar-refractivity contribution in [3.8, 4) is 11.8 Å². The number of aromatic nitrogens is 1. The van der Waals surface area contributed by atoms with Gasteiger partial charge in [-0.05, 0) is 30.9 Å². The van der Waals surface area contributed by atoms with Crippen LogP contribution in [0.1, 0.15) is 43.5 Å².